The van der Waals surface area contributed by atoms with E-state index in [0.717, 1.165) is 25.2 Å². The SMILES string of the molecule is CC1(C)OC(=O)C(=Cc2ccc(CN3CCCC3)cc2)C(=O)O1. The topological polar surface area (TPSA) is 55.8 Å². The summed E-state index contributed by atoms with van der Waals surface area (Å²) in [6, 6.07) is 7.85. The lowest BCUT2D eigenvalue weighted by Crippen LogP contribution is -2.41. The van der Waals surface area contributed by atoms with Crippen molar-refractivity contribution in [3.8, 4) is 0 Å². The van der Waals surface area contributed by atoms with Crippen LogP contribution in [0.3, 0.4) is 0 Å². The minimum atomic E-state index is -1.20. The monoisotopic (exact) mass is 315 g/mol. The Kier molecular flexibility index (Phi) is 4.22. The van der Waals surface area contributed by atoms with E-state index in [2.05, 4.69) is 4.90 Å². The number of carbonyl (C=O) groups excluding carboxylic acids is 2. The first-order valence-corrected chi connectivity index (χ1v) is 7.93. The molecule has 0 radical (unpaired) electrons. The quantitative estimate of drug-likeness (QED) is 0.487. The van der Waals surface area contributed by atoms with Crippen LogP contribution in [-0.2, 0) is 25.6 Å². The lowest BCUT2D eigenvalue weighted by molar-refractivity contribution is -0.222. The second kappa shape index (κ2) is 6.16. The molecule has 2 saturated heterocycles. The van der Waals surface area contributed by atoms with Crippen molar-refractivity contribution in [2.24, 2.45) is 0 Å². The molecule has 0 unspecified atom stereocenters. The highest BCUT2D eigenvalue weighted by molar-refractivity contribution is 6.18. The van der Waals surface area contributed by atoms with Crippen LogP contribution in [0.5, 0.6) is 0 Å². The summed E-state index contributed by atoms with van der Waals surface area (Å²) in [5.41, 5.74) is 1.93. The molecule has 0 spiro atoms. The van der Waals surface area contributed by atoms with Crippen molar-refractivity contribution in [1.82, 2.24) is 4.90 Å². The van der Waals surface area contributed by atoms with Gasteiger partial charge in [-0.3, -0.25) is 4.90 Å². The van der Waals surface area contributed by atoms with Gasteiger partial charge in [-0.2, -0.15) is 0 Å². The minimum Gasteiger partial charge on any atom is -0.419 e. The molecule has 2 fully saturated rings. The van der Waals surface area contributed by atoms with Gasteiger partial charge in [0.25, 0.3) is 5.79 Å². The third kappa shape index (κ3) is 3.79. The maximum absolute atomic E-state index is 11.9. The molecule has 2 aliphatic rings. The van der Waals surface area contributed by atoms with E-state index in [0.29, 0.717) is 0 Å². The molecule has 122 valence electrons. The van der Waals surface area contributed by atoms with Crippen molar-refractivity contribution in [1.29, 1.82) is 0 Å². The van der Waals surface area contributed by atoms with Gasteiger partial charge in [-0.1, -0.05) is 24.3 Å². The van der Waals surface area contributed by atoms with Crippen LogP contribution in [0, 0.1) is 0 Å². The second-order valence-electron chi connectivity index (χ2n) is 6.46. The molecule has 5 heteroatoms. The highest BCUT2D eigenvalue weighted by atomic mass is 16.7. The number of cyclic esters (lactones) is 2. The first-order chi connectivity index (χ1) is 10.9. The fourth-order valence-corrected chi connectivity index (χ4v) is 2.86. The lowest BCUT2D eigenvalue weighted by atomic mass is 10.1. The van der Waals surface area contributed by atoms with Crippen molar-refractivity contribution >= 4 is 18.0 Å². The number of hydrogen-bond donors (Lipinski definition) is 0. The fraction of sp³-hybridized carbons (Fsp3) is 0.444. The molecule has 0 saturated carbocycles. The highest BCUT2D eigenvalue weighted by Crippen LogP contribution is 2.24. The van der Waals surface area contributed by atoms with E-state index in [4.69, 9.17) is 9.47 Å². The van der Waals surface area contributed by atoms with Gasteiger partial charge in [0.05, 0.1) is 0 Å². The van der Waals surface area contributed by atoms with Crippen molar-refractivity contribution in [3.05, 3.63) is 41.0 Å². The van der Waals surface area contributed by atoms with Crippen LogP contribution in [0.1, 0.15) is 37.8 Å². The van der Waals surface area contributed by atoms with Gasteiger partial charge >= 0.3 is 11.9 Å². The van der Waals surface area contributed by atoms with Crippen molar-refractivity contribution in [2.75, 3.05) is 13.1 Å². The fourth-order valence-electron chi connectivity index (χ4n) is 2.86. The Bertz CT molecular complexity index is 617. The van der Waals surface area contributed by atoms with Gasteiger partial charge in [-0.15, -0.1) is 0 Å². The van der Waals surface area contributed by atoms with Gasteiger partial charge in [0, 0.05) is 20.4 Å². The van der Waals surface area contributed by atoms with E-state index < -0.39 is 17.7 Å². The van der Waals surface area contributed by atoms with E-state index >= 15 is 0 Å². The van der Waals surface area contributed by atoms with Crippen molar-refractivity contribution in [2.45, 2.75) is 39.0 Å². The molecule has 0 bridgehead atoms. The van der Waals surface area contributed by atoms with E-state index in [-0.39, 0.29) is 5.57 Å². The molecule has 0 N–H and O–H groups in total. The van der Waals surface area contributed by atoms with Crippen LogP contribution in [0.2, 0.25) is 0 Å². The summed E-state index contributed by atoms with van der Waals surface area (Å²) in [6.07, 6.45) is 4.05. The number of hydrogen-bond acceptors (Lipinski definition) is 5. The van der Waals surface area contributed by atoms with E-state index in [9.17, 15) is 9.59 Å². The lowest BCUT2D eigenvalue weighted by Gasteiger charge is -2.29. The first-order valence-electron chi connectivity index (χ1n) is 7.93. The van der Waals surface area contributed by atoms with Gasteiger partial charge in [0.1, 0.15) is 5.57 Å². The van der Waals surface area contributed by atoms with Gasteiger partial charge < -0.3 is 9.47 Å². The number of ether oxygens (including phenoxy) is 2. The van der Waals surface area contributed by atoms with Crippen LogP contribution in [0.15, 0.2) is 29.8 Å². The number of likely N-dealkylation sites (tertiary alicyclic amines) is 1. The predicted octanol–water partition coefficient (Wildman–Crippen LogP) is 2.50. The minimum absolute atomic E-state index is 0.0726. The maximum Gasteiger partial charge on any atom is 0.348 e. The molecule has 0 amide bonds. The highest BCUT2D eigenvalue weighted by Gasteiger charge is 2.38. The van der Waals surface area contributed by atoms with E-state index in [1.54, 1.807) is 0 Å². The normalized spacial score (nSPS) is 21.0. The Hall–Kier alpha value is -2.14. The Labute approximate surface area is 135 Å². The third-order valence-corrected chi connectivity index (χ3v) is 4.01. The van der Waals surface area contributed by atoms with Gasteiger partial charge in [-0.25, -0.2) is 9.59 Å². The van der Waals surface area contributed by atoms with Gasteiger partial charge in [0.2, 0.25) is 0 Å². The molecule has 23 heavy (non-hydrogen) atoms. The predicted molar refractivity (Wildman–Crippen MR) is 85.2 cm³/mol. The summed E-state index contributed by atoms with van der Waals surface area (Å²) < 4.78 is 10.2. The largest absolute Gasteiger partial charge is 0.419 e. The van der Waals surface area contributed by atoms with Gasteiger partial charge in [0.15, 0.2) is 0 Å². The summed E-state index contributed by atoms with van der Waals surface area (Å²) in [5, 5.41) is 0. The Morgan fingerprint density at radius 1 is 1.04 bits per heavy atom. The van der Waals surface area contributed by atoms with Gasteiger partial charge in [-0.05, 0) is 43.1 Å². The van der Waals surface area contributed by atoms with Crippen LogP contribution >= 0.6 is 0 Å². The van der Waals surface area contributed by atoms with E-state index in [1.807, 2.05) is 24.3 Å². The zero-order valence-corrected chi connectivity index (χ0v) is 13.5. The molecular formula is C18H21NO4. The van der Waals surface area contributed by atoms with Crippen LogP contribution < -0.4 is 0 Å². The smallest absolute Gasteiger partial charge is 0.348 e. The Balaban J connectivity index is 1.72. The standard InChI is InChI=1S/C18H21NO4/c1-18(2)22-16(20)15(17(21)23-18)11-13-5-7-14(8-6-13)12-19-9-3-4-10-19/h5-8,11H,3-4,9-10,12H2,1-2H3. The van der Waals surface area contributed by atoms with Crippen LogP contribution in [-0.4, -0.2) is 35.7 Å². The summed E-state index contributed by atoms with van der Waals surface area (Å²) in [5.74, 6) is -2.50. The average molecular weight is 315 g/mol. The molecule has 3 rings (SSSR count). The van der Waals surface area contributed by atoms with Crippen molar-refractivity contribution < 1.29 is 19.1 Å². The number of esters is 2. The number of benzene rings is 1. The summed E-state index contributed by atoms with van der Waals surface area (Å²) >= 11 is 0. The average Bonchev–Trinajstić information content (AvgIpc) is 2.96. The third-order valence-electron chi connectivity index (χ3n) is 4.01. The summed E-state index contributed by atoms with van der Waals surface area (Å²) in [6.45, 7) is 6.31. The van der Waals surface area contributed by atoms with Crippen LogP contribution in [0.4, 0.5) is 0 Å². The number of carbonyl (C=O) groups is 2. The van der Waals surface area contributed by atoms with E-state index in [1.165, 1.54) is 38.3 Å². The molecule has 1 aromatic carbocycles. The molecule has 0 aliphatic carbocycles. The Morgan fingerprint density at radius 2 is 1.61 bits per heavy atom. The summed E-state index contributed by atoms with van der Waals surface area (Å²) in [4.78, 5) is 26.3. The molecule has 1 aromatic rings. The van der Waals surface area contributed by atoms with Crippen LogP contribution in [0.25, 0.3) is 6.08 Å². The Morgan fingerprint density at radius 3 is 2.17 bits per heavy atom. The first kappa shape index (κ1) is 15.7. The molecule has 0 aromatic heterocycles. The maximum atomic E-state index is 11.9. The summed E-state index contributed by atoms with van der Waals surface area (Å²) in [7, 11) is 0. The number of nitrogens with zero attached hydrogens (tertiary/aromatic N) is 1. The molecule has 2 heterocycles. The molecule has 5 nitrogen and oxygen atoms in total. The second-order valence-corrected chi connectivity index (χ2v) is 6.46. The zero-order valence-electron chi connectivity index (χ0n) is 13.5. The molecule has 2 aliphatic heterocycles. The zero-order chi connectivity index (χ0) is 16.4. The molecular weight excluding hydrogens is 294 g/mol. The molecule has 0 atom stereocenters. The number of rotatable bonds is 3. The van der Waals surface area contributed by atoms with Crippen molar-refractivity contribution in [3.63, 3.8) is 0 Å².